The molecule has 142 valence electrons. The summed E-state index contributed by atoms with van der Waals surface area (Å²) in [4.78, 5) is 35.8. The van der Waals surface area contributed by atoms with Crippen LogP contribution in [0.25, 0.3) is 6.08 Å². The SMILES string of the molecule is Cc1ccc(NC(=O)COc2cccc(C=C3C(=O)NC(=S)NC3=O)c2)cc1. The van der Waals surface area contributed by atoms with E-state index >= 15 is 0 Å². The molecule has 0 spiro atoms. The molecule has 1 aliphatic heterocycles. The maximum atomic E-state index is 12.0. The number of ether oxygens (including phenoxy) is 1. The molecule has 3 N–H and O–H groups in total. The minimum Gasteiger partial charge on any atom is -0.484 e. The number of thiocarbonyl (C=S) groups is 1. The second-order valence-corrected chi connectivity index (χ2v) is 6.48. The zero-order chi connectivity index (χ0) is 20.1. The molecule has 1 heterocycles. The standard InChI is InChI=1S/C20H17N3O4S/c1-12-5-7-14(8-6-12)21-17(24)11-27-15-4-2-3-13(9-15)10-16-18(25)22-20(28)23-19(16)26/h2-10H,11H2,1H3,(H,21,24)(H2,22,23,25,26,28). The number of anilines is 1. The van der Waals surface area contributed by atoms with Crippen LogP contribution in [0, 0.1) is 6.92 Å². The normalized spacial score (nSPS) is 13.5. The number of carbonyl (C=O) groups excluding carboxylic acids is 3. The van der Waals surface area contributed by atoms with Crippen LogP contribution in [0.4, 0.5) is 5.69 Å². The number of hydrogen-bond acceptors (Lipinski definition) is 5. The summed E-state index contributed by atoms with van der Waals surface area (Å²) in [7, 11) is 0. The highest BCUT2D eigenvalue weighted by Gasteiger charge is 2.25. The van der Waals surface area contributed by atoms with Crippen LogP contribution in [-0.4, -0.2) is 29.4 Å². The monoisotopic (exact) mass is 395 g/mol. The number of rotatable bonds is 5. The lowest BCUT2D eigenvalue weighted by atomic mass is 10.1. The Bertz CT molecular complexity index is 961. The summed E-state index contributed by atoms with van der Waals surface area (Å²) in [5.74, 6) is -1.01. The largest absolute Gasteiger partial charge is 0.484 e. The molecule has 28 heavy (non-hydrogen) atoms. The molecule has 8 heteroatoms. The van der Waals surface area contributed by atoms with Crippen LogP contribution in [0.3, 0.4) is 0 Å². The third kappa shape index (κ3) is 5.01. The molecule has 1 aliphatic rings. The Kier molecular flexibility index (Phi) is 5.81. The van der Waals surface area contributed by atoms with Crippen molar-refractivity contribution in [1.29, 1.82) is 0 Å². The van der Waals surface area contributed by atoms with Crippen LogP contribution in [0.2, 0.25) is 0 Å². The third-order valence-electron chi connectivity index (χ3n) is 3.82. The van der Waals surface area contributed by atoms with Gasteiger partial charge in [-0.2, -0.15) is 0 Å². The van der Waals surface area contributed by atoms with Gasteiger partial charge in [-0.25, -0.2) is 0 Å². The lowest BCUT2D eigenvalue weighted by Crippen LogP contribution is -2.51. The lowest BCUT2D eigenvalue weighted by molar-refractivity contribution is -0.123. The second-order valence-electron chi connectivity index (χ2n) is 6.07. The summed E-state index contributed by atoms with van der Waals surface area (Å²) < 4.78 is 5.50. The Morgan fingerprint density at radius 3 is 2.46 bits per heavy atom. The Labute approximate surface area is 166 Å². The predicted molar refractivity (Wildman–Crippen MR) is 109 cm³/mol. The minimum atomic E-state index is -0.572. The van der Waals surface area contributed by atoms with Crippen LogP contribution in [0.5, 0.6) is 5.75 Å². The fourth-order valence-corrected chi connectivity index (χ4v) is 2.64. The quantitative estimate of drug-likeness (QED) is 0.408. The van der Waals surface area contributed by atoms with E-state index in [9.17, 15) is 14.4 Å². The highest BCUT2D eigenvalue weighted by Crippen LogP contribution is 2.17. The highest BCUT2D eigenvalue weighted by atomic mass is 32.1. The maximum Gasteiger partial charge on any atom is 0.263 e. The van der Waals surface area contributed by atoms with Gasteiger partial charge >= 0.3 is 0 Å². The Morgan fingerprint density at radius 2 is 1.79 bits per heavy atom. The average molecular weight is 395 g/mol. The van der Waals surface area contributed by atoms with Crippen LogP contribution in [0.15, 0.2) is 54.1 Å². The Hall–Kier alpha value is -3.52. The minimum absolute atomic E-state index is 0.0242. The zero-order valence-corrected chi connectivity index (χ0v) is 15.8. The molecule has 0 bridgehead atoms. The van der Waals surface area contributed by atoms with Crippen molar-refractivity contribution >= 4 is 46.8 Å². The van der Waals surface area contributed by atoms with E-state index in [0.29, 0.717) is 17.0 Å². The van der Waals surface area contributed by atoms with E-state index < -0.39 is 11.8 Å². The van der Waals surface area contributed by atoms with Gasteiger partial charge in [-0.15, -0.1) is 0 Å². The van der Waals surface area contributed by atoms with Crippen molar-refractivity contribution in [3.63, 3.8) is 0 Å². The van der Waals surface area contributed by atoms with E-state index in [4.69, 9.17) is 17.0 Å². The van der Waals surface area contributed by atoms with Crippen molar-refractivity contribution < 1.29 is 19.1 Å². The average Bonchev–Trinajstić information content (AvgIpc) is 2.65. The van der Waals surface area contributed by atoms with Gasteiger partial charge in [0.1, 0.15) is 11.3 Å². The van der Waals surface area contributed by atoms with Gasteiger partial charge in [-0.05, 0) is 55.0 Å². The Balaban J connectivity index is 1.63. The molecule has 0 unspecified atom stereocenters. The third-order valence-corrected chi connectivity index (χ3v) is 4.02. The van der Waals surface area contributed by atoms with Crippen LogP contribution in [0.1, 0.15) is 11.1 Å². The van der Waals surface area contributed by atoms with Crippen molar-refractivity contribution in [3.05, 3.63) is 65.2 Å². The maximum absolute atomic E-state index is 12.0. The molecule has 0 saturated carbocycles. The first-order chi connectivity index (χ1) is 13.4. The van der Waals surface area contributed by atoms with Crippen LogP contribution < -0.4 is 20.7 Å². The van der Waals surface area contributed by atoms with Crippen molar-refractivity contribution in [1.82, 2.24) is 10.6 Å². The molecule has 0 aliphatic carbocycles. The van der Waals surface area contributed by atoms with Gasteiger partial charge in [-0.1, -0.05) is 29.8 Å². The van der Waals surface area contributed by atoms with Gasteiger partial charge in [0, 0.05) is 5.69 Å². The van der Waals surface area contributed by atoms with E-state index in [0.717, 1.165) is 5.56 Å². The van der Waals surface area contributed by atoms with E-state index in [-0.39, 0.29) is 23.2 Å². The van der Waals surface area contributed by atoms with Gasteiger partial charge in [0.05, 0.1) is 0 Å². The second kappa shape index (κ2) is 8.45. The molecule has 2 aromatic carbocycles. The van der Waals surface area contributed by atoms with Crippen LogP contribution in [-0.2, 0) is 14.4 Å². The highest BCUT2D eigenvalue weighted by molar-refractivity contribution is 7.80. The molecular formula is C20H17N3O4S. The fraction of sp³-hybridized carbons (Fsp3) is 0.100. The summed E-state index contributed by atoms with van der Waals surface area (Å²) in [6.45, 7) is 1.79. The zero-order valence-electron chi connectivity index (χ0n) is 14.9. The van der Waals surface area contributed by atoms with Gasteiger partial charge in [0.25, 0.3) is 17.7 Å². The van der Waals surface area contributed by atoms with Gasteiger partial charge < -0.3 is 10.1 Å². The molecule has 2 aromatic rings. The first kappa shape index (κ1) is 19.2. The van der Waals surface area contributed by atoms with Crippen molar-refractivity contribution in [2.24, 2.45) is 0 Å². The summed E-state index contributed by atoms with van der Waals surface area (Å²) in [5, 5.41) is 7.46. The van der Waals surface area contributed by atoms with Crippen LogP contribution >= 0.6 is 12.2 Å². The molecule has 1 saturated heterocycles. The molecule has 0 atom stereocenters. The molecule has 3 amide bonds. The van der Waals surface area contributed by atoms with E-state index in [1.807, 2.05) is 31.2 Å². The van der Waals surface area contributed by atoms with E-state index in [1.165, 1.54) is 6.08 Å². The lowest BCUT2D eigenvalue weighted by Gasteiger charge is -2.16. The molecule has 3 rings (SSSR count). The topological polar surface area (TPSA) is 96.5 Å². The summed E-state index contributed by atoms with van der Waals surface area (Å²) in [5.41, 5.74) is 2.29. The van der Waals surface area contributed by atoms with Crippen molar-refractivity contribution in [2.45, 2.75) is 6.92 Å². The first-order valence-electron chi connectivity index (χ1n) is 8.38. The molecule has 1 fully saturated rings. The summed E-state index contributed by atoms with van der Waals surface area (Å²) in [6.07, 6.45) is 1.42. The number of hydrogen-bond donors (Lipinski definition) is 3. The molecular weight excluding hydrogens is 378 g/mol. The van der Waals surface area contributed by atoms with Crippen molar-refractivity contribution in [3.8, 4) is 5.75 Å². The molecule has 0 aromatic heterocycles. The van der Waals surface area contributed by atoms with Gasteiger partial charge in [-0.3, -0.25) is 25.0 Å². The first-order valence-corrected chi connectivity index (χ1v) is 8.79. The fourth-order valence-electron chi connectivity index (χ4n) is 2.45. The number of carbonyl (C=O) groups is 3. The van der Waals surface area contributed by atoms with E-state index in [1.54, 1.807) is 24.3 Å². The number of nitrogens with one attached hydrogen (secondary N) is 3. The predicted octanol–water partition coefficient (Wildman–Crippen LogP) is 1.93. The summed E-state index contributed by atoms with van der Waals surface area (Å²) in [6, 6.07) is 14.1. The van der Waals surface area contributed by atoms with Gasteiger partial charge in [0.15, 0.2) is 11.7 Å². The summed E-state index contributed by atoms with van der Waals surface area (Å²) >= 11 is 4.76. The van der Waals surface area contributed by atoms with Crippen molar-refractivity contribution in [2.75, 3.05) is 11.9 Å². The van der Waals surface area contributed by atoms with E-state index in [2.05, 4.69) is 16.0 Å². The Morgan fingerprint density at radius 1 is 1.11 bits per heavy atom. The number of aryl methyl sites for hydroxylation is 1. The molecule has 7 nitrogen and oxygen atoms in total. The smallest absolute Gasteiger partial charge is 0.263 e. The number of benzene rings is 2. The van der Waals surface area contributed by atoms with Gasteiger partial charge in [0.2, 0.25) is 0 Å². The molecule has 0 radical (unpaired) electrons. The number of amides is 3.